The molecule has 0 unspecified atom stereocenters. The van der Waals surface area contributed by atoms with Crippen molar-refractivity contribution in [2.24, 2.45) is 5.16 Å². The average molecular weight is 319 g/mol. The number of nitrogens with zero attached hydrogens (tertiary/aromatic N) is 3. The summed E-state index contributed by atoms with van der Waals surface area (Å²) in [6.45, 7) is 3.73. The lowest BCUT2D eigenvalue weighted by Crippen LogP contribution is -2.14. The molecule has 7 heteroatoms. The summed E-state index contributed by atoms with van der Waals surface area (Å²) in [5, 5.41) is 17.3. The summed E-state index contributed by atoms with van der Waals surface area (Å²) < 4.78 is 6.69. The first-order chi connectivity index (χ1) is 10.6. The van der Waals surface area contributed by atoms with Gasteiger partial charge in [-0.25, -0.2) is 9.48 Å². The smallest absolute Gasteiger partial charge is 0.342 e. The number of para-hydroxylation sites is 1. The Morgan fingerprint density at radius 2 is 2.09 bits per heavy atom. The first-order valence-corrected chi connectivity index (χ1v) is 7.95. The lowest BCUT2D eigenvalue weighted by Gasteiger charge is -2.09. The van der Waals surface area contributed by atoms with E-state index >= 15 is 0 Å². The first-order valence-electron chi connectivity index (χ1n) is 6.72. The number of carbonyl (C=O) groups excluding carboxylic acids is 1. The summed E-state index contributed by atoms with van der Waals surface area (Å²) in [6, 6.07) is 9.35. The van der Waals surface area contributed by atoms with E-state index in [1.165, 1.54) is 11.8 Å². The number of hydrogen-bond donors (Lipinski definition) is 1. The predicted octanol–water partition coefficient (Wildman–Crippen LogP) is 2.86. The number of esters is 1. The molecule has 0 radical (unpaired) electrons. The van der Waals surface area contributed by atoms with Crippen LogP contribution in [0.1, 0.15) is 28.7 Å². The minimum Gasteiger partial charge on any atom is -0.462 e. The lowest BCUT2D eigenvalue weighted by atomic mass is 10.2. The molecule has 0 aliphatic carbocycles. The Morgan fingerprint density at radius 3 is 2.64 bits per heavy atom. The van der Waals surface area contributed by atoms with Crippen LogP contribution in [0.25, 0.3) is 5.69 Å². The minimum atomic E-state index is -0.479. The molecule has 0 saturated carbocycles. The second-order valence-corrected chi connectivity index (χ2v) is 5.18. The maximum Gasteiger partial charge on any atom is 0.342 e. The summed E-state index contributed by atoms with van der Waals surface area (Å²) in [5.74, 6) is -0.479. The number of hydrogen-bond acceptors (Lipinski definition) is 6. The number of carbonyl (C=O) groups is 1. The Kier molecular flexibility index (Phi) is 5.21. The van der Waals surface area contributed by atoms with E-state index in [4.69, 9.17) is 4.74 Å². The second kappa shape index (κ2) is 7.13. The van der Waals surface area contributed by atoms with Crippen LogP contribution in [0.5, 0.6) is 0 Å². The minimum absolute atomic E-state index is 0.263. The van der Waals surface area contributed by atoms with Gasteiger partial charge in [0.15, 0.2) is 5.04 Å². The molecule has 22 heavy (non-hydrogen) atoms. The summed E-state index contributed by atoms with van der Waals surface area (Å²) >= 11 is 1.23. The fraction of sp³-hybridized carbons (Fsp3) is 0.267. The molecule has 0 atom stereocenters. The van der Waals surface area contributed by atoms with Gasteiger partial charge in [-0.15, -0.1) is 11.8 Å². The normalized spacial score (nSPS) is 11.5. The van der Waals surface area contributed by atoms with Crippen LogP contribution in [0, 0.1) is 6.92 Å². The van der Waals surface area contributed by atoms with Gasteiger partial charge in [0.2, 0.25) is 0 Å². The highest BCUT2D eigenvalue weighted by atomic mass is 32.2. The molecule has 1 heterocycles. The van der Waals surface area contributed by atoms with Crippen molar-refractivity contribution >= 4 is 22.8 Å². The van der Waals surface area contributed by atoms with Gasteiger partial charge in [0, 0.05) is 0 Å². The molecule has 0 aliphatic heterocycles. The van der Waals surface area contributed by atoms with Crippen LogP contribution < -0.4 is 0 Å². The van der Waals surface area contributed by atoms with Crippen molar-refractivity contribution in [2.45, 2.75) is 13.8 Å². The van der Waals surface area contributed by atoms with Crippen molar-refractivity contribution in [2.75, 3.05) is 12.9 Å². The quantitative estimate of drug-likeness (QED) is 0.308. The number of thioether (sulfide) groups is 1. The van der Waals surface area contributed by atoms with Crippen molar-refractivity contribution in [3.8, 4) is 5.69 Å². The van der Waals surface area contributed by atoms with Crippen LogP contribution in [0.15, 0.2) is 35.5 Å². The van der Waals surface area contributed by atoms with Crippen LogP contribution in [0.4, 0.5) is 0 Å². The molecule has 2 rings (SSSR count). The topological polar surface area (TPSA) is 76.7 Å². The lowest BCUT2D eigenvalue weighted by molar-refractivity contribution is 0.0525. The monoisotopic (exact) mass is 319 g/mol. The van der Waals surface area contributed by atoms with E-state index in [2.05, 4.69) is 10.3 Å². The van der Waals surface area contributed by atoms with Crippen LogP contribution in [-0.2, 0) is 4.74 Å². The van der Waals surface area contributed by atoms with Crippen molar-refractivity contribution in [3.05, 3.63) is 47.3 Å². The maximum absolute atomic E-state index is 12.2. The largest absolute Gasteiger partial charge is 0.462 e. The van der Waals surface area contributed by atoms with Gasteiger partial charge in [0.25, 0.3) is 0 Å². The van der Waals surface area contributed by atoms with Crippen molar-refractivity contribution in [3.63, 3.8) is 0 Å². The Bertz CT molecular complexity index is 696. The van der Waals surface area contributed by atoms with E-state index in [0.29, 0.717) is 22.0 Å². The molecule has 2 aromatic rings. The standard InChI is InChI=1S/C15H17N3O3S/c1-4-21-15(19)12-10(2)16-18(11-8-6-5-7-9-11)13(12)14(17-20)22-3/h5-9,20H,4H2,1-3H3/b17-14-. The van der Waals surface area contributed by atoms with Gasteiger partial charge in [-0.05, 0) is 32.2 Å². The molecule has 0 spiro atoms. The van der Waals surface area contributed by atoms with E-state index in [0.717, 1.165) is 5.69 Å². The molecule has 0 fully saturated rings. The molecule has 0 aliphatic rings. The van der Waals surface area contributed by atoms with E-state index in [9.17, 15) is 10.0 Å². The van der Waals surface area contributed by atoms with E-state index in [1.807, 2.05) is 30.3 Å². The molecule has 6 nitrogen and oxygen atoms in total. The molecule has 0 saturated heterocycles. The predicted molar refractivity (Wildman–Crippen MR) is 86.1 cm³/mol. The van der Waals surface area contributed by atoms with Gasteiger partial charge in [0.1, 0.15) is 11.3 Å². The Hall–Kier alpha value is -2.28. The fourth-order valence-corrected chi connectivity index (χ4v) is 2.58. The average Bonchev–Trinajstić information content (AvgIpc) is 2.87. The van der Waals surface area contributed by atoms with Gasteiger partial charge in [-0.3, -0.25) is 0 Å². The number of aromatic nitrogens is 2. The Morgan fingerprint density at radius 1 is 1.41 bits per heavy atom. The van der Waals surface area contributed by atoms with E-state index in [1.54, 1.807) is 24.8 Å². The molecular formula is C15H17N3O3S. The van der Waals surface area contributed by atoms with Crippen molar-refractivity contribution in [1.82, 2.24) is 9.78 Å². The number of oxime groups is 1. The van der Waals surface area contributed by atoms with E-state index in [-0.39, 0.29) is 6.61 Å². The zero-order valence-electron chi connectivity index (χ0n) is 12.6. The summed E-state index contributed by atoms with van der Waals surface area (Å²) in [5.41, 5.74) is 2.03. The highest BCUT2D eigenvalue weighted by Crippen LogP contribution is 2.24. The molecule has 1 N–H and O–H groups in total. The number of rotatable bonds is 4. The molecule has 1 aromatic carbocycles. The van der Waals surface area contributed by atoms with Crippen molar-refractivity contribution < 1.29 is 14.7 Å². The zero-order valence-corrected chi connectivity index (χ0v) is 13.4. The van der Waals surface area contributed by atoms with Crippen LogP contribution >= 0.6 is 11.8 Å². The van der Waals surface area contributed by atoms with E-state index < -0.39 is 5.97 Å². The molecule has 0 amide bonds. The van der Waals surface area contributed by atoms with Gasteiger partial charge in [0.05, 0.1) is 18.0 Å². The molecule has 116 valence electrons. The Labute approximate surface area is 132 Å². The summed E-state index contributed by atoms with van der Waals surface area (Å²) in [4.78, 5) is 12.2. The van der Waals surface area contributed by atoms with Gasteiger partial charge in [-0.1, -0.05) is 23.4 Å². The first kappa shape index (κ1) is 16.1. The number of benzene rings is 1. The Balaban J connectivity index is 2.70. The van der Waals surface area contributed by atoms with Crippen LogP contribution in [0.2, 0.25) is 0 Å². The molecular weight excluding hydrogens is 302 g/mol. The van der Waals surface area contributed by atoms with Crippen LogP contribution in [-0.4, -0.2) is 38.9 Å². The third-order valence-corrected chi connectivity index (χ3v) is 3.69. The van der Waals surface area contributed by atoms with Crippen LogP contribution in [0.3, 0.4) is 0 Å². The number of ether oxygens (including phenoxy) is 1. The van der Waals surface area contributed by atoms with Gasteiger partial charge < -0.3 is 9.94 Å². The summed E-state index contributed by atoms with van der Waals surface area (Å²) in [7, 11) is 0. The second-order valence-electron chi connectivity index (χ2n) is 4.39. The summed E-state index contributed by atoms with van der Waals surface area (Å²) in [6.07, 6.45) is 1.77. The van der Waals surface area contributed by atoms with Crippen molar-refractivity contribution in [1.29, 1.82) is 0 Å². The third kappa shape index (κ3) is 2.99. The third-order valence-electron chi connectivity index (χ3n) is 3.03. The van der Waals surface area contributed by atoms with Gasteiger partial charge >= 0.3 is 5.97 Å². The SMILES string of the molecule is CCOC(=O)c1c(C)nn(-c2ccccc2)c1/C(=N/O)SC. The fourth-order valence-electron chi connectivity index (χ4n) is 2.11. The highest BCUT2D eigenvalue weighted by Gasteiger charge is 2.27. The number of aryl methyl sites for hydroxylation is 1. The highest BCUT2D eigenvalue weighted by molar-refractivity contribution is 8.13. The van der Waals surface area contributed by atoms with Gasteiger partial charge in [-0.2, -0.15) is 5.10 Å². The molecule has 1 aromatic heterocycles. The zero-order chi connectivity index (χ0) is 16.1. The molecule has 0 bridgehead atoms. The maximum atomic E-state index is 12.2.